The van der Waals surface area contributed by atoms with Gasteiger partial charge in [0, 0.05) is 17.9 Å². The topological polar surface area (TPSA) is 81.0 Å². The predicted molar refractivity (Wildman–Crippen MR) is 77.9 cm³/mol. The number of aromatic nitrogens is 2. The van der Waals surface area contributed by atoms with Crippen LogP contribution in [0.1, 0.15) is 6.42 Å². The Kier molecular flexibility index (Phi) is 3.79. The number of rotatable bonds is 4. The largest absolute Gasteiger partial charge is 0.316 e. The third kappa shape index (κ3) is 2.88. The minimum absolute atomic E-state index is 0.0456. The standard InChI is InChI=1S/C13H14N4O2S/c18-17(19)10-1-2-11-12(5-10)15-7-13(16-11)20-8-9-3-4-14-6-9/h1-2,5,7,9,14H,3-4,6,8H2/t9-/m1/s1. The van der Waals surface area contributed by atoms with E-state index in [-0.39, 0.29) is 5.69 Å². The molecule has 2 heterocycles. The van der Waals surface area contributed by atoms with E-state index < -0.39 is 4.92 Å². The van der Waals surface area contributed by atoms with E-state index in [1.807, 2.05) is 0 Å². The monoisotopic (exact) mass is 290 g/mol. The molecule has 1 aliphatic rings. The number of hydrogen-bond acceptors (Lipinski definition) is 6. The third-order valence-corrected chi connectivity index (χ3v) is 4.47. The van der Waals surface area contributed by atoms with E-state index in [4.69, 9.17) is 0 Å². The van der Waals surface area contributed by atoms with Crippen molar-refractivity contribution in [2.75, 3.05) is 18.8 Å². The first-order valence-electron chi connectivity index (χ1n) is 6.47. The highest BCUT2D eigenvalue weighted by Gasteiger charge is 2.15. The molecule has 1 aromatic heterocycles. The Morgan fingerprint density at radius 1 is 1.45 bits per heavy atom. The summed E-state index contributed by atoms with van der Waals surface area (Å²) >= 11 is 1.70. The molecule has 0 aliphatic carbocycles. The summed E-state index contributed by atoms with van der Waals surface area (Å²) in [6.07, 6.45) is 2.90. The summed E-state index contributed by atoms with van der Waals surface area (Å²) in [5, 5.41) is 14.9. The minimum Gasteiger partial charge on any atom is -0.316 e. The van der Waals surface area contributed by atoms with Crippen LogP contribution in [0, 0.1) is 16.0 Å². The highest BCUT2D eigenvalue weighted by atomic mass is 32.2. The van der Waals surface area contributed by atoms with Gasteiger partial charge in [-0.2, -0.15) is 0 Å². The molecule has 0 spiro atoms. The lowest BCUT2D eigenvalue weighted by atomic mass is 10.2. The molecular weight excluding hydrogens is 276 g/mol. The van der Waals surface area contributed by atoms with E-state index in [2.05, 4.69) is 15.3 Å². The van der Waals surface area contributed by atoms with E-state index >= 15 is 0 Å². The Bertz CT molecular complexity index is 643. The van der Waals surface area contributed by atoms with Crippen molar-refractivity contribution in [2.45, 2.75) is 11.4 Å². The fourth-order valence-electron chi connectivity index (χ4n) is 2.23. The molecule has 7 heteroatoms. The Hall–Kier alpha value is -1.73. The van der Waals surface area contributed by atoms with Crippen LogP contribution in [0.4, 0.5) is 5.69 Å². The number of nitro groups is 1. The van der Waals surface area contributed by atoms with Crippen molar-refractivity contribution >= 4 is 28.5 Å². The van der Waals surface area contributed by atoms with Crippen LogP contribution in [0.5, 0.6) is 0 Å². The smallest absolute Gasteiger partial charge is 0.271 e. The molecule has 20 heavy (non-hydrogen) atoms. The number of non-ortho nitro benzene ring substituents is 1. The number of fused-ring (bicyclic) bond motifs is 1. The Morgan fingerprint density at radius 3 is 3.10 bits per heavy atom. The summed E-state index contributed by atoms with van der Waals surface area (Å²) in [6, 6.07) is 4.58. The zero-order valence-corrected chi connectivity index (χ0v) is 11.6. The van der Waals surface area contributed by atoms with Crippen molar-refractivity contribution in [3.63, 3.8) is 0 Å². The molecule has 1 fully saturated rings. The summed E-state index contributed by atoms with van der Waals surface area (Å²) in [5.74, 6) is 1.72. The van der Waals surface area contributed by atoms with Gasteiger partial charge < -0.3 is 5.32 Å². The molecule has 0 amide bonds. The van der Waals surface area contributed by atoms with Crippen LogP contribution in [-0.4, -0.2) is 33.7 Å². The molecule has 0 saturated carbocycles. The van der Waals surface area contributed by atoms with Crippen molar-refractivity contribution in [3.05, 3.63) is 34.5 Å². The van der Waals surface area contributed by atoms with E-state index in [1.165, 1.54) is 18.6 Å². The Labute approximate surface area is 120 Å². The maximum Gasteiger partial charge on any atom is 0.271 e. The molecule has 1 N–H and O–H groups in total. The van der Waals surface area contributed by atoms with Crippen LogP contribution >= 0.6 is 11.8 Å². The normalized spacial score (nSPS) is 18.5. The molecule has 1 atom stereocenters. The molecule has 1 aromatic carbocycles. The molecule has 6 nitrogen and oxygen atoms in total. The van der Waals surface area contributed by atoms with Crippen molar-refractivity contribution in [3.8, 4) is 0 Å². The van der Waals surface area contributed by atoms with Crippen LogP contribution in [0.15, 0.2) is 29.4 Å². The van der Waals surface area contributed by atoms with Crippen LogP contribution in [0.3, 0.4) is 0 Å². The summed E-state index contributed by atoms with van der Waals surface area (Å²) < 4.78 is 0. The van der Waals surface area contributed by atoms with Gasteiger partial charge in [0.15, 0.2) is 0 Å². The van der Waals surface area contributed by atoms with Crippen LogP contribution in [0.2, 0.25) is 0 Å². The van der Waals surface area contributed by atoms with Crippen LogP contribution in [-0.2, 0) is 0 Å². The molecule has 1 saturated heterocycles. The fourth-order valence-corrected chi connectivity index (χ4v) is 3.21. The van der Waals surface area contributed by atoms with Crippen molar-refractivity contribution < 1.29 is 4.92 Å². The predicted octanol–water partition coefficient (Wildman–Crippen LogP) is 2.24. The van der Waals surface area contributed by atoms with Crippen molar-refractivity contribution in [2.24, 2.45) is 5.92 Å². The quantitative estimate of drug-likeness (QED) is 0.528. The molecule has 2 aromatic rings. The Balaban J connectivity index is 1.76. The number of benzene rings is 1. The van der Waals surface area contributed by atoms with Gasteiger partial charge in [0.25, 0.3) is 5.69 Å². The second-order valence-corrected chi connectivity index (χ2v) is 5.85. The molecule has 3 rings (SSSR count). The maximum absolute atomic E-state index is 10.7. The molecule has 0 bridgehead atoms. The SMILES string of the molecule is O=[N+]([O-])c1ccc2nc(SC[C@@H]3CCNC3)cnc2c1. The van der Waals surface area contributed by atoms with E-state index in [1.54, 1.807) is 24.0 Å². The van der Waals surface area contributed by atoms with Crippen molar-refractivity contribution in [1.29, 1.82) is 0 Å². The summed E-state index contributed by atoms with van der Waals surface area (Å²) in [7, 11) is 0. The van der Waals surface area contributed by atoms with Gasteiger partial charge in [-0.25, -0.2) is 4.98 Å². The summed E-state index contributed by atoms with van der Waals surface area (Å²) in [4.78, 5) is 19.0. The van der Waals surface area contributed by atoms with E-state index in [0.29, 0.717) is 17.0 Å². The van der Waals surface area contributed by atoms with E-state index in [0.717, 1.165) is 23.9 Å². The lowest BCUT2D eigenvalue weighted by Crippen LogP contribution is -2.10. The number of nitrogens with zero attached hydrogens (tertiary/aromatic N) is 3. The highest BCUT2D eigenvalue weighted by Crippen LogP contribution is 2.24. The average molecular weight is 290 g/mol. The molecular formula is C13H14N4O2S. The second-order valence-electron chi connectivity index (χ2n) is 4.81. The number of nitro benzene ring substituents is 1. The van der Waals surface area contributed by atoms with Gasteiger partial charge in [-0.3, -0.25) is 15.1 Å². The van der Waals surface area contributed by atoms with Crippen LogP contribution < -0.4 is 5.32 Å². The summed E-state index contributed by atoms with van der Waals surface area (Å²) in [5.41, 5.74) is 1.31. The van der Waals surface area contributed by atoms with Gasteiger partial charge in [0.05, 0.1) is 22.2 Å². The number of thioether (sulfide) groups is 1. The summed E-state index contributed by atoms with van der Waals surface area (Å²) in [6.45, 7) is 2.17. The first-order chi connectivity index (χ1) is 9.72. The van der Waals surface area contributed by atoms with Gasteiger partial charge in [-0.05, 0) is 31.5 Å². The maximum atomic E-state index is 10.7. The molecule has 0 unspecified atom stereocenters. The first-order valence-corrected chi connectivity index (χ1v) is 7.45. The minimum atomic E-state index is -0.420. The lowest BCUT2D eigenvalue weighted by molar-refractivity contribution is -0.384. The molecule has 1 aliphatic heterocycles. The van der Waals surface area contributed by atoms with E-state index in [9.17, 15) is 10.1 Å². The molecule has 0 radical (unpaired) electrons. The van der Waals surface area contributed by atoms with Gasteiger partial charge >= 0.3 is 0 Å². The van der Waals surface area contributed by atoms with Crippen molar-refractivity contribution in [1.82, 2.24) is 15.3 Å². The highest BCUT2D eigenvalue weighted by molar-refractivity contribution is 7.99. The van der Waals surface area contributed by atoms with Gasteiger partial charge in [0.2, 0.25) is 0 Å². The fraction of sp³-hybridized carbons (Fsp3) is 0.385. The number of nitrogens with one attached hydrogen (secondary N) is 1. The zero-order chi connectivity index (χ0) is 13.9. The van der Waals surface area contributed by atoms with Gasteiger partial charge in [-0.1, -0.05) is 0 Å². The average Bonchev–Trinajstić information content (AvgIpc) is 2.97. The van der Waals surface area contributed by atoms with Crippen LogP contribution in [0.25, 0.3) is 11.0 Å². The molecule has 104 valence electrons. The third-order valence-electron chi connectivity index (χ3n) is 3.34. The lowest BCUT2D eigenvalue weighted by Gasteiger charge is -2.07. The zero-order valence-electron chi connectivity index (χ0n) is 10.8. The second kappa shape index (κ2) is 5.72. The first kappa shape index (κ1) is 13.3. The Morgan fingerprint density at radius 2 is 2.35 bits per heavy atom. The number of hydrogen-bond donors (Lipinski definition) is 1. The van der Waals surface area contributed by atoms with Gasteiger partial charge in [0.1, 0.15) is 5.03 Å². The van der Waals surface area contributed by atoms with Gasteiger partial charge in [-0.15, -0.1) is 11.8 Å².